The van der Waals surface area contributed by atoms with E-state index in [-0.39, 0.29) is 0 Å². The SMILES string of the molecule is CC(=CC(C)C)P(=O)=O. The monoisotopic (exact) mass is 146 g/mol. The Morgan fingerprint density at radius 2 is 1.89 bits per heavy atom. The zero-order valence-corrected chi connectivity index (χ0v) is 6.81. The van der Waals surface area contributed by atoms with Gasteiger partial charge in [0.2, 0.25) is 0 Å². The summed E-state index contributed by atoms with van der Waals surface area (Å²) in [6.45, 7) is 5.50. The molecule has 0 aliphatic heterocycles. The summed E-state index contributed by atoms with van der Waals surface area (Å²) in [7, 11) is -2.33. The molecule has 0 N–H and O–H groups in total. The molecule has 0 saturated heterocycles. The summed E-state index contributed by atoms with van der Waals surface area (Å²) in [4.78, 5) is 0. The molecule has 0 bridgehead atoms. The van der Waals surface area contributed by atoms with Gasteiger partial charge in [-0.2, -0.15) is 0 Å². The second kappa shape index (κ2) is 3.62. The fourth-order valence-corrected chi connectivity index (χ4v) is 0.963. The Morgan fingerprint density at radius 1 is 1.44 bits per heavy atom. The third kappa shape index (κ3) is 4.16. The first-order valence-electron chi connectivity index (χ1n) is 2.87. The normalized spacial score (nSPS) is 12.2. The lowest BCUT2D eigenvalue weighted by atomic mass is 10.2. The van der Waals surface area contributed by atoms with Gasteiger partial charge in [-0.1, -0.05) is 19.9 Å². The van der Waals surface area contributed by atoms with Crippen molar-refractivity contribution < 1.29 is 9.13 Å². The molecule has 52 valence electrons. The molecule has 0 atom stereocenters. The second-order valence-corrected chi connectivity index (χ2v) is 3.53. The maximum atomic E-state index is 10.2. The van der Waals surface area contributed by atoms with E-state index in [0.29, 0.717) is 11.2 Å². The minimum absolute atomic E-state index is 0.317. The van der Waals surface area contributed by atoms with Crippen molar-refractivity contribution in [2.24, 2.45) is 5.92 Å². The number of hydrogen-bond acceptors (Lipinski definition) is 2. The van der Waals surface area contributed by atoms with Crippen LogP contribution in [-0.2, 0) is 9.13 Å². The quantitative estimate of drug-likeness (QED) is 0.561. The summed E-state index contributed by atoms with van der Waals surface area (Å²) >= 11 is 0. The average molecular weight is 146 g/mol. The van der Waals surface area contributed by atoms with E-state index in [1.807, 2.05) is 13.8 Å². The molecule has 0 heterocycles. The summed E-state index contributed by atoms with van der Waals surface area (Å²) in [5.41, 5.74) is 0. The highest BCUT2D eigenvalue weighted by atomic mass is 31.1. The Morgan fingerprint density at radius 3 is 2.00 bits per heavy atom. The standard InChI is InChI=1S/C6H11O2P/c1-5(2)4-6(3)9(7)8/h4-5H,1-3H3. The fraction of sp³-hybridized carbons (Fsp3) is 0.667. The van der Waals surface area contributed by atoms with Gasteiger partial charge in [0.1, 0.15) is 0 Å². The van der Waals surface area contributed by atoms with Crippen LogP contribution in [0.3, 0.4) is 0 Å². The Balaban J connectivity index is 4.17. The van der Waals surface area contributed by atoms with E-state index in [9.17, 15) is 9.13 Å². The fourth-order valence-electron chi connectivity index (χ4n) is 0.543. The summed E-state index contributed by atoms with van der Waals surface area (Å²) in [5.74, 6) is 0.317. The van der Waals surface area contributed by atoms with E-state index in [1.165, 1.54) is 0 Å². The second-order valence-electron chi connectivity index (χ2n) is 2.31. The Bertz CT molecular complexity index is 169. The molecule has 0 fully saturated rings. The summed E-state index contributed by atoms with van der Waals surface area (Å²) in [6, 6.07) is 0. The van der Waals surface area contributed by atoms with Crippen LogP contribution in [0.4, 0.5) is 0 Å². The topological polar surface area (TPSA) is 34.1 Å². The first kappa shape index (κ1) is 8.64. The van der Waals surface area contributed by atoms with Crippen LogP contribution >= 0.6 is 7.68 Å². The van der Waals surface area contributed by atoms with Gasteiger partial charge in [0.05, 0.1) is 0 Å². The van der Waals surface area contributed by atoms with Gasteiger partial charge >= 0.3 is 7.68 Å². The van der Waals surface area contributed by atoms with Crippen LogP contribution in [0.15, 0.2) is 11.4 Å². The molecule has 0 aromatic heterocycles. The van der Waals surface area contributed by atoms with Crippen molar-refractivity contribution in [3.8, 4) is 0 Å². The lowest BCUT2D eigenvalue weighted by Gasteiger charge is -1.91. The molecule has 0 unspecified atom stereocenters. The number of allylic oxidation sites excluding steroid dienone is 2. The largest absolute Gasteiger partial charge is 0.343 e. The van der Waals surface area contributed by atoms with Gasteiger partial charge in [0.25, 0.3) is 0 Å². The highest BCUT2D eigenvalue weighted by molar-refractivity contribution is 7.36. The minimum Gasteiger partial charge on any atom is -0.232 e. The molecule has 2 nitrogen and oxygen atoms in total. The highest BCUT2D eigenvalue weighted by Crippen LogP contribution is 2.19. The molecule has 3 heteroatoms. The maximum absolute atomic E-state index is 10.2. The van der Waals surface area contributed by atoms with Crippen LogP contribution in [-0.4, -0.2) is 0 Å². The first-order valence-corrected chi connectivity index (χ1v) is 4.04. The van der Waals surface area contributed by atoms with Crippen LogP contribution < -0.4 is 0 Å². The molecule has 0 amide bonds. The van der Waals surface area contributed by atoms with Gasteiger partial charge in [-0.05, 0) is 12.8 Å². The third-order valence-corrected chi connectivity index (χ3v) is 1.59. The van der Waals surface area contributed by atoms with Crippen LogP contribution in [0.5, 0.6) is 0 Å². The third-order valence-electron chi connectivity index (χ3n) is 0.863. The van der Waals surface area contributed by atoms with Gasteiger partial charge in [-0.15, -0.1) is 0 Å². The molecule has 0 aliphatic rings. The van der Waals surface area contributed by atoms with E-state index < -0.39 is 7.68 Å². The van der Waals surface area contributed by atoms with Gasteiger partial charge in [0, 0.05) is 5.31 Å². The molecule has 9 heavy (non-hydrogen) atoms. The van der Waals surface area contributed by atoms with Gasteiger partial charge < -0.3 is 0 Å². The molecular formula is C6H11O2P. The van der Waals surface area contributed by atoms with Crippen LogP contribution in [0.2, 0.25) is 0 Å². The molecule has 0 aromatic rings. The van der Waals surface area contributed by atoms with Crippen molar-refractivity contribution in [3.05, 3.63) is 11.4 Å². The van der Waals surface area contributed by atoms with Crippen molar-refractivity contribution in [2.45, 2.75) is 20.8 Å². The van der Waals surface area contributed by atoms with Crippen molar-refractivity contribution in [1.82, 2.24) is 0 Å². The van der Waals surface area contributed by atoms with Crippen LogP contribution in [0.1, 0.15) is 20.8 Å². The number of rotatable bonds is 2. The smallest absolute Gasteiger partial charge is 0.232 e. The van der Waals surface area contributed by atoms with E-state index in [4.69, 9.17) is 0 Å². The number of hydrogen-bond donors (Lipinski definition) is 0. The molecule has 0 aromatic carbocycles. The Hall–Kier alpha value is -0.360. The van der Waals surface area contributed by atoms with Gasteiger partial charge in [0.15, 0.2) is 0 Å². The molecule has 0 rings (SSSR count). The first-order chi connectivity index (χ1) is 4.04. The highest BCUT2D eigenvalue weighted by Gasteiger charge is 1.95. The molecule has 0 radical (unpaired) electrons. The lowest BCUT2D eigenvalue weighted by Crippen LogP contribution is -1.77. The van der Waals surface area contributed by atoms with Crippen molar-refractivity contribution >= 4 is 7.68 Å². The molecular weight excluding hydrogens is 135 g/mol. The van der Waals surface area contributed by atoms with Crippen molar-refractivity contribution in [2.75, 3.05) is 0 Å². The van der Waals surface area contributed by atoms with E-state index in [1.54, 1.807) is 13.0 Å². The average Bonchev–Trinajstić information content (AvgIpc) is 1.63. The van der Waals surface area contributed by atoms with E-state index >= 15 is 0 Å². The van der Waals surface area contributed by atoms with Gasteiger partial charge in [-0.3, -0.25) is 0 Å². The van der Waals surface area contributed by atoms with E-state index in [2.05, 4.69) is 0 Å². The Labute approximate surface area is 55.8 Å². The predicted octanol–water partition coefficient (Wildman–Crippen LogP) is 2.72. The molecule has 0 aliphatic carbocycles. The Kier molecular flexibility index (Phi) is 3.48. The molecule has 0 spiro atoms. The molecule has 0 saturated carbocycles. The lowest BCUT2D eigenvalue weighted by molar-refractivity contribution is 0.520. The van der Waals surface area contributed by atoms with Gasteiger partial charge in [-0.25, -0.2) is 9.13 Å². The minimum atomic E-state index is -2.33. The summed E-state index contributed by atoms with van der Waals surface area (Å²) in [5, 5.41) is 0.458. The predicted molar refractivity (Wildman–Crippen MR) is 36.9 cm³/mol. The summed E-state index contributed by atoms with van der Waals surface area (Å²) < 4.78 is 20.4. The van der Waals surface area contributed by atoms with Crippen LogP contribution in [0, 0.1) is 5.92 Å². The van der Waals surface area contributed by atoms with Crippen molar-refractivity contribution in [3.63, 3.8) is 0 Å². The summed E-state index contributed by atoms with van der Waals surface area (Å²) in [6.07, 6.45) is 1.73. The van der Waals surface area contributed by atoms with Crippen LogP contribution in [0.25, 0.3) is 0 Å². The zero-order chi connectivity index (χ0) is 7.44. The van der Waals surface area contributed by atoms with Crippen molar-refractivity contribution in [1.29, 1.82) is 0 Å². The maximum Gasteiger partial charge on any atom is 0.343 e. The van der Waals surface area contributed by atoms with E-state index in [0.717, 1.165) is 0 Å². The zero-order valence-electron chi connectivity index (χ0n) is 5.92.